The van der Waals surface area contributed by atoms with E-state index in [1.54, 1.807) is 0 Å². The molecule has 1 aromatic carbocycles. The van der Waals surface area contributed by atoms with Crippen LogP contribution in [0.1, 0.15) is 5.56 Å². The first-order valence-electron chi connectivity index (χ1n) is 4.45. The van der Waals surface area contributed by atoms with Crippen LogP contribution in [0.3, 0.4) is 0 Å². The van der Waals surface area contributed by atoms with Crippen LogP contribution >= 0.6 is 22.6 Å². The van der Waals surface area contributed by atoms with Gasteiger partial charge in [-0.2, -0.15) is 0 Å². The van der Waals surface area contributed by atoms with Gasteiger partial charge in [0.1, 0.15) is 0 Å². The van der Waals surface area contributed by atoms with Crippen LogP contribution in [-0.4, -0.2) is 16.7 Å². The van der Waals surface area contributed by atoms with E-state index < -0.39 is 0 Å². The summed E-state index contributed by atoms with van der Waals surface area (Å²) in [5, 5.41) is 0. The van der Waals surface area contributed by atoms with Gasteiger partial charge in [0.2, 0.25) is 0 Å². The second-order valence-corrected chi connectivity index (χ2v) is 4.37. The monoisotopic (exact) mass is 313 g/mol. The lowest BCUT2D eigenvalue weighted by Crippen LogP contribution is -2.29. The Bertz CT molecular complexity index is 439. The highest BCUT2D eigenvalue weighted by atomic mass is 127. The average Bonchev–Trinajstić information content (AvgIpc) is 2.47. The summed E-state index contributed by atoms with van der Waals surface area (Å²) < 4.78 is 0.480. The van der Waals surface area contributed by atoms with Crippen LogP contribution in [0.25, 0.3) is 0 Å². The number of carbonyl (C=O) groups excluding carboxylic acids is 2. The van der Waals surface area contributed by atoms with Gasteiger partial charge in [-0.05, 0) is 28.2 Å². The number of hydrogen-bond acceptors (Lipinski definition) is 2. The van der Waals surface area contributed by atoms with Crippen molar-refractivity contribution in [2.75, 3.05) is 0 Å². The minimum atomic E-state index is -0.228. The molecule has 0 N–H and O–H groups in total. The molecule has 4 heteroatoms. The molecule has 0 radical (unpaired) electrons. The van der Waals surface area contributed by atoms with Crippen molar-refractivity contribution in [3.8, 4) is 0 Å². The highest BCUT2D eigenvalue weighted by Crippen LogP contribution is 2.20. The maximum Gasteiger partial charge on any atom is 0.267 e. The lowest BCUT2D eigenvalue weighted by molar-refractivity contribution is -0.137. The quantitative estimate of drug-likeness (QED) is 0.617. The standard InChI is InChI=1S/C11H8INO2/c12-9-6-10(14)13(11(9)15)7-8-4-2-1-3-5-8/h1-6H,7H2. The molecule has 2 amide bonds. The third kappa shape index (κ3) is 2.09. The lowest BCUT2D eigenvalue weighted by Gasteiger charge is -2.13. The summed E-state index contributed by atoms with van der Waals surface area (Å²) in [6.45, 7) is 0.349. The first-order chi connectivity index (χ1) is 7.18. The molecular weight excluding hydrogens is 305 g/mol. The van der Waals surface area contributed by atoms with Gasteiger partial charge in [0, 0.05) is 6.08 Å². The molecule has 1 aliphatic rings. The molecule has 1 aliphatic heterocycles. The highest BCUT2D eigenvalue weighted by molar-refractivity contribution is 14.1. The number of halogens is 1. The van der Waals surface area contributed by atoms with Crippen LogP contribution in [0, 0.1) is 0 Å². The zero-order chi connectivity index (χ0) is 10.8. The fraction of sp³-hybridized carbons (Fsp3) is 0.0909. The maximum atomic E-state index is 11.5. The Kier molecular flexibility index (Phi) is 2.86. The van der Waals surface area contributed by atoms with Gasteiger partial charge < -0.3 is 0 Å². The lowest BCUT2D eigenvalue weighted by atomic mass is 10.2. The van der Waals surface area contributed by atoms with E-state index in [0.29, 0.717) is 10.1 Å². The summed E-state index contributed by atoms with van der Waals surface area (Å²) in [6, 6.07) is 9.47. The van der Waals surface area contributed by atoms with Crippen molar-refractivity contribution in [1.29, 1.82) is 0 Å². The molecule has 15 heavy (non-hydrogen) atoms. The zero-order valence-corrected chi connectivity index (χ0v) is 9.97. The van der Waals surface area contributed by atoms with E-state index in [1.165, 1.54) is 11.0 Å². The van der Waals surface area contributed by atoms with E-state index in [9.17, 15) is 9.59 Å². The van der Waals surface area contributed by atoms with E-state index in [-0.39, 0.29) is 11.8 Å². The summed E-state index contributed by atoms with van der Waals surface area (Å²) in [5.74, 6) is -0.433. The van der Waals surface area contributed by atoms with Crippen molar-refractivity contribution < 1.29 is 9.59 Å². The Labute approximate surface area is 101 Å². The molecule has 0 bridgehead atoms. The van der Waals surface area contributed by atoms with Gasteiger partial charge in [0.15, 0.2) is 0 Å². The number of imide groups is 1. The third-order valence-corrected chi connectivity index (χ3v) is 2.92. The number of amides is 2. The Morgan fingerprint density at radius 2 is 1.80 bits per heavy atom. The summed E-state index contributed by atoms with van der Waals surface area (Å²) >= 11 is 1.88. The predicted octanol–water partition coefficient (Wildman–Crippen LogP) is 1.87. The van der Waals surface area contributed by atoms with Crippen LogP contribution in [0.2, 0.25) is 0 Å². The van der Waals surface area contributed by atoms with Crippen LogP contribution < -0.4 is 0 Å². The van der Waals surface area contributed by atoms with Crippen molar-refractivity contribution in [3.05, 3.63) is 45.6 Å². The maximum absolute atomic E-state index is 11.5. The summed E-state index contributed by atoms with van der Waals surface area (Å²) in [5.41, 5.74) is 0.957. The first-order valence-corrected chi connectivity index (χ1v) is 5.53. The third-order valence-electron chi connectivity index (χ3n) is 2.15. The zero-order valence-electron chi connectivity index (χ0n) is 7.81. The van der Waals surface area contributed by atoms with Crippen molar-refractivity contribution >= 4 is 34.4 Å². The summed E-state index contributed by atoms with van der Waals surface area (Å²) in [4.78, 5) is 24.2. The molecule has 76 valence electrons. The Hall–Kier alpha value is -1.17. The molecule has 3 nitrogen and oxygen atoms in total. The Balaban J connectivity index is 2.15. The fourth-order valence-corrected chi connectivity index (χ4v) is 1.95. The molecule has 1 heterocycles. The second-order valence-electron chi connectivity index (χ2n) is 3.21. The molecule has 0 aliphatic carbocycles. The first kappa shape index (κ1) is 10.4. The van der Waals surface area contributed by atoms with E-state index in [0.717, 1.165) is 5.56 Å². The largest absolute Gasteiger partial charge is 0.270 e. The van der Waals surface area contributed by atoms with Gasteiger partial charge in [-0.1, -0.05) is 30.3 Å². The van der Waals surface area contributed by atoms with Gasteiger partial charge in [-0.15, -0.1) is 0 Å². The van der Waals surface area contributed by atoms with Crippen LogP contribution in [0.4, 0.5) is 0 Å². The average molecular weight is 313 g/mol. The molecule has 0 aromatic heterocycles. The number of rotatable bonds is 2. The highest BCUT2D eigenvalue weighted by Gasteiger charge is 2.29. The predicted molar refractivity (Wildman–Crippen MR) is 64.1 cm³/mol. The molecule has 2 rings (SSSR count). The number of nitrogens with zero attached hydrogens (tertiary/aromatic N) is 1. The Morgan fingerprint density at radius 3 is 2.33 bits per heavy atom. The summed E-state index contributed by atoms with van der Waals surface area (Å²) in [6.07, 6.45) is 1.37. The van der Waals surface area contributed by atoms with Crippen molar-refractivity contribution in [1.82, 2.24) is 4.90 Å². The number of benzene rings is 1. The number of carbonyl (C=O) groups is 2. The molecule has 0 fully saturated rings. The van der Waals surface area contributed by atoms with Gasteiger partial charge >= 0.3 is 0 Å². The van der Waals surface area contributed by atoms with E-state index in [4.69, 9.17) is 0 Å². The van der Waals surface area contributed by atoms with E-state index in [1.807, 2.05) is 52.9 Å². The molecule has 0 spiro atoms. The molecular formula is C11H8INO2. The molecule has 0 saturated carbocycles. The minimum Gasteiger partial charge on any atom is -0.270 e. The van der Waals surface area contributed by atoms with Crippen molar-refractivity contribution in [2.24, 2.45) is 0 Å². The van der Waals surface area contributed by atoms with Crippen molar-refractivity contribution in [2.45, 2.75) is 6.54 Å². The Morgan fingerprint density at radius 1 is 1.13 bits per heavy atom. The van der Waals surface area contributed by atoms with Crippen LogP contribution in [-0.2, 0) is 16.1 Å². The van der Waals surface area contributed by atoms with Crippen LogP contribution in [0.15, 0.2) is 40.0 Å². The van der Waals surface area contributed by atoms with Crippen LogP contribution in [0.5, 0.6) is 0 Å². The van der Waals surface area contributed by atoms with E-state index >= 15 is 0 Å². The minimum absolute atomic E-state index is 0.204. The second kappa shape index (κ2) is 4.14. The summed E-state index contributed by atoms with van der Waals surface area (Å²) in [7, 11) is 0. The molecule has 0 saturated heterocycles. The van der Waals surface area contributed by atoms with Gasteiger partial charge in [-0.3, -0.25) is 14.5 Å². The number of hydrogen-bond donors (Lipinski definition) is 0. The molecule has 0 atom stereocenters. The fourth-order valence-electron chi connectivity index (χ4n) is 1.39. The van der Waals surface area contributed by atoms with Gasteiger partial charge in [0.05, 0.1) is 10.1 Å². The van der Waals surface area contributed by atoms with E-state index in [2.05, 4.69) is 0 Å². The molecule has 0 unspecified atom stereocenters. The smallest absolute Gasteiger partial charge is 0.267 e. The normalized spacial score (nSPS) is 15.8. The topological polar surface area (TPSA) is 37.4 Å². The van der Waals surface area contributed by atoms with Crippen molar-refractivity contribution in [3.63, 3.8) is 0 Å². The van der Waals surface area contributed by atoms with Gasteiger partial charge in [-0.25, -0.2) is 0 Å². The van der Waals surface area contributed by atoms with Gasteiger partial charge in [0.25, 0.3) is 11.8 Å². The SMILES string of the molecule is O=C1C=C(I)C(=O)N1Cc1ccccc1. The molecule has 1 aromatic rings.